The van der Waals surface area contributed by atoms with E-state index >= 15 is 0 Å². The molecule has 0 spiro atoms. The highest BCUT2D eigenvalue weighted by Crippen LogP contribution is 2.09. The molecular weight excluding hydrogens is 316 g/mol. The maximum atomic E-state index is 12.3. The first-order valence-electron chi connectivity index (χ1n) is 8.50. The number of piperazine rings is 1. The van der Waals surface area contributed by atoms with Gasteiger partial charge in [0.25, 0.3) is 0 Å². The summed E-state index contributed by atoms with van der Waals surface area (Å²) in [5.41, 5.74) is 1.98. The van der Waals surface area contributed by atoms with Crippen LogP contribution in [-0.2, 0) is 22.6 Å². The molecule has 3 rings (SSSR count). The van der Waals surface area contributed by atoms with Crippen molar-refractivity contribution in [3.63, 3.8) is 0 Å². The molecule has 0 N–H and O–H groups in total. The molecular formula is C20H22N2O3. The average Bonchev–Trinajstić information content (AvgIpc) is 2.68. The highest BCUT2D eigenvalue weighted by atomic mass is 16.6. The molecule has 0 radical (unpaired) electrons. The van der Waals surface area contributed by atoms with E-state index in [0.29, 0.717) is 32.6 Å². The Morgan fingerprint density at radius 1 is 0.760 bits per heavy atom. The third-order valence-corrected chi connectivity index (χ3v) is 4.29. The SMILES string of the molecule is O=C(Cc1ccccc1)N1CCN(C(=O)OCc2ccccc2)CC1. The molecule has 130 valence electrons. The lowest BCUT2D eigenvalue weighted by Crippen LogP contribution is -2.51. The molecule has 0 atom stereocenters. The molecule has 1 saturated heterocycles. The number of benzene rings is 2. The van der Waals surface area contributed by atoms with Crippen LogP contribution in [0.5, 0.6) is 0 Å². The van der Waals surface area contributed by atoms with Crippen molar-refractivity contribution >= 4 is 12.0 Å². The Labute approximate surface area is 147 Å². The molecule has 1 heterocycles. The van der Waals surface area contributed by atoms with Gasteiger partial charge < -0.3 is 14.5 Å². The predicted molar refractivity (Wildman–Crippen MR) is 94.9 cm³/mol. The molecule has 2 aromatic carbocycles. The average molecular weight is 338 g/mol. The topological polar surface area (TPSA) is 49.9 Å². The number of ether oxygens (including phenoxy) is 1. The smallest absolute Gasteiger partial charge is 0.410 e. The third kappa shape index (κ3) is 4.83. The van der Waals surface area contributed by atoms with Crippen LogP contribution in [0.15, 0.2) is 60.7 Å². The summed E-state index contributed by atoms with van der Waals surface area (Å²) < 4.78 is 5.34. The van der Waals surface area contributed by atoms with E-state index in [1.165, 1.54) is 0 Å². The van der Waals surface area contributed by atoms with E-state index in [0.717, 1.165) is 11.1 Å². The van der Waals surface area contributed by atoms with Gasteiger partial charge in [0, 0.05) is 26.2 Å². The number of hydrogen-bond donors (Lipinski definition) is 0. The Kier molecular flexibility index (Phi) is 5.67. The second-order valence-corrected chi connectivity index (χ2v) is 6.07. The standard InChI is InChI=1S/C20H22N2O3/c23-19(15-17-7-3-1-4-8-17)21-11-13-22(14-12-21)20(24)25-16-18-9-5-2-6-10-18/h1-10H,11-16H2. The number of rotatable bonds is 4. The molecule has 1 aliphatic rings. The molecule has 0 bridgehead atoms. The van der Waals surface area contributed by atoms with E-state index in [9.17, 15) is 9.59 Å². The monoisotopic (exact) mass is 338 g/mol. The highest BCUT2D eigenvalue weighted by Gasteiger charge is 2.24. The summed E-state index contributed by atoms with van der Waals surface area (Å²) in [5.74, 6) is 0.100. The van der Waals surface area contributed by atoms with Crippen LogP contribution in [0.3, 0.4) is 0 Å². The predicted octanol–water partition coefficient (Wildman–Crippen LogP) is 2.71. The van der Waals surface area contributed by atoms with Gasteiger partial charge >= 0.3 is 6.09 Å². The molecule has 25 heavy (non-hydrogen) atoms. The Hall–Kier alpha value is -2.82. The lowest BCUT2D eigenvalue weighted by atomic mass is 10.1. The summed E-state index contributed by atoms with van der Waals surface area (Å²) in [6, 6.07) is 19.3. The number of amides is 2. The molecule has 0 saturated carbocycles. The van der Waals surface area contributed by atoms with Crippen molar-refractivity contribution in [2.45, 2.75) is 13.0 Å². The van der Waals surface area contributed by atoms with E-state index in [-0.39, 0.29) is 18.6 Å². The normalized spacial score (nSPS) is 14.2. The van der Waals surface area contributed by atoms with Crippen molar-refractivity contribution in [3.05, 3.63) is 71.8 Å². The number of hydrogen-bond acceptors (Lipinski definition) is 3. The first kappa shape index (κ1) is 17.0. The van der Waals surface area contributed by atoms with Crippen molar-refractivity contribution < 1.29 is 14.3 Å². The van der Waals surface area contributed by atoms with Gasteiger partial charge in [-0.05, 0) is 11.1 Å². The van der Waals surface area contributed by atoms with Gasteiger partial charge in [-0.1, -0.05) is 60.7 Å². The van der Waals surface area contributed by atoms with Crippen LogP contribution in [-0.4, -0.2) is 48.0 Å². The maximum Gasteiger partial charge on any atom is 0.410 e. The third-order valence-electron chi connectivity index (χ3n) is 4.29. The molecule has 5 nitrogen and oxygen atoms in total. The van der Waals surface area contributed by atoms with E-state index in [1.807, 2.05) is 65.6 Å². The largest absolute Gasteiger partial charge is 0.445 e. The molecule has 2 aromatic rings. The highest BCUT2D eigenvalue weighted by molar-refractivity contribution is 5.79. The minimum absolute atomic E-state index is 0.100. The van der Waals surface area contributed by atoms with Gasteiger partial charge in [-0.2, -0.15) is 0 Å². The van der Waals surface area contributed by atoms with Crippen LogP contribution >= 0.6 is 0 Å². The van der Waals surface area contributed by atoms with Gasteiger partial charge in [0.15, 0.2) is 0 Å². The van der Waals surface area contributed by atoms with Crippen LogP contribution in [0.2, 0.25) is 0 Å². The minimum Gasteiger partial charge on any atom is -0.445 e. The Morgan fingerprint density at radius 3 is 1.88 bits per heavy atom. The molecule has 2 amide bonds. The number of carbonyl (C=O) groups excluding carboxylic acids is 2. The molecule has 1 fully saturated rings. The van der Waals surface area contributed by atoms with Gasteiger partial charge in [0.2, 0.25) is 5.91 Å². The summed E-state index contributed by atoms with van der Waals surface area (Å²) in [6.45, 7) is 2.38. The summed E-state index contributed by atoms with van der Waals surface area (Å²) >= 11 is 0. The fourth-order valence-electron chi connectivity index (χ4n) is 2.83. The van der Waals surface area contributed by atoms with Gasteiger partial charge in [-0.3, -0.25) is 4.79 Å². The lowest BCUT2D eigenvalue weighted by Gasteiger charge is -2.34. The number of nitrogens with zero attached hydrogens (tertiary/aromatic N) is 2. The van der Waals surface area contributed by atoms with Crippen molar-refractivity contribution in [1.82, 2.24) is 9.80 Å². The maximum absolute atomic E-state index is 12.3. The van der Waals surface area contributed by atoms with Crippen LogP contribution in [0, 0.1) is 0 Å². The van der Waals surface area contributed by atoms with Crippen LogP contribution in [0.4, 0.5) is 4.79 Å². The van der Waals surface area contributed by atoms with Gasteiger partial charge in [0.1, 0.15) is 6.61 Å². The molecule has 0 aromatic heterocycles. The summed E-state index contributed by atoms with van der Waals surface area (Å²) in [4.78, 5) is 28.0. The van der Waals surface area contributed by atoms with E-state index in [4.69, 9.17) is 4.74 Å². The minimum atomic E-state index is -0.320. The Morgan fingerprint density at radius 2 is 1.28 bits per heavy atom. The Bertz CT molecular complexity index is 695. The molecule has 0 unspecified atom stereocenters. The van der Waals surface area contributed by atoms with Crippen molar-refractivity contribution in [3.8, 4) is 0 Å². The van der Waals surface area contributed by atoms with Crippen LogP contribution < -0.4 is 0 Å². The second-order valence-electron chi connectivity index (χ2n) is 6.07. The quantitative estimate of drug-likeness (QED) is 0.861. The lowest BCUT2D eigenvalue weighted by molar-refractivity contribution is -0.132. The molecule has 0 aliphatic carbocycles. The second kappa shape index (κ2) is 8.33. The summed E-state index contributed by atoms with van der Waals surface area (Å²) in [6.07, 6.45) is 0.0817. The zero-order chi connectivity index (χ0) is 17.5. The van der Waals surface area contributed by atoms with Gasteiger partial charge in [0.05, 0.1) is 6.42 Å². The van der Waals surface area contributed by atoms with Crippen LogP contribution in [0.25, 0.3) is 0 Å². The van der Waals surface area contributed by atoms with Crippen molar-refractivity contribution in [2.75, 3.05) is 26.2 Å². The van der Waals surface area contributed by atoms with Crippen molar-refractivity contribution in [1.29, 1.82) is 0 Å². The number of carbonyl (C=O) groups is 2. The fourth-order valence-corrected chi connectivity index (χ4v) is 2.83. The summed E-state index contributed by atoms with van der Waals surface area (Å²) in [7, 11) is 0. The van der Waals surface area contributed by atoms with E-state index in [1.54, 1.807) is 4.90 Å². The van der Waals surface area contributed by atoms with Gasteiger partial charge in [-0.15, -0.1) is 0 Å². The molecule has 5 heteroatoms. The zero-order valence-corrected chi connectivity index (χ0v) is 14.1. The fraction of sp³-hybridized carbons (Fsp3) is 0.300. The van der Waals surface area contributed by atoms with Crippen LogP contribution in [0.1, 0.15) is 11.1 Å². The van der Waals surface area contributed by atoms with E-state index < -0.39 is 0 Å². The first-order chi connectivity index (χ1) is 12.2. The first-order valence-corrected chi connectivity index (χ1v) is 8.50. The van der Waals surface area contributed by atoms with Gasteiger partial charge in [-0.25, -0.2) is 4.79 Å². The van der Waals surface area contributed by atoms with E-state index in [2.05, 4.69) is 0 Å². The summed E-state index contributed by atoms with van der Waals surface area (Å²) in [5, 5.41) is 0. The molecule has 1 aliphatic heterocycles. The van der Waals surface area contributed by atoms with Crippen molar-refractivity contribution in [2.24, 2.45) is 0 Å². The Balaban J connectivity index is 1.43. The zero-order valence-electron chi connectivity index (χ0n) is 14.1.